The van der Waals surface area contributed by atoms with Crippen molar-refractivity contribution in [1.29, 1.82) is 0 Å². The van der Waals surface area contributed by atoms with Gasteiger partial charge in [-0.2, -0.15) is 26.3 Å². The molecule has 4 rings (SSSR count). The second kappa shape index (κ2) is 7.91. The van der Waals surface area contributed by atoms with Crippen LogP contribution in [-0.4, -0.2) is 45.3 Å². The molecular formula is C18H9Cl2F6N5O3. The minimum atomic E-state index is -5.41. The Morgan fingerprint density at radius 3 is 2.44 bits per heavy atom. The van der Waals surface area contributed by atoms with Crippen molar-refractivity contribution >= 4 is 52.0 Å². The topological polar surface area (TPSA) is 98.1 Å². The predicted octanol–water partition coefficient (Wildman–Crippen LogP) is 4.28. The monoisotopic (exact) mass is 527 g/mol. The number of fused-ring (bicyclic) bond motifs is 3. The third-order valence-corrected chi connectivity index (χ3v) is 5.35. The highest BCUT2D eigenvalue weighted by Gasteiger charge is 2.67. The molecule has 8 nitrogen and oxygen atoms in total. The fraction of sp³-hybridized carbons (Fsp3) is 0.222. The van der Waals surface area contributed by atoms with Crippen molar-refractivity contribution < 1.29 is 40.7 Å². The first kappa shape index (κ1) is 23.9. The zero-order valence-corrected chi connectivity index (χ0v) is 17.7. The lowest BCUT2D eigenvalue weighted by atomic mass is 10.1. The third-order valence-electron chi connectivity index (χ3n) is 4.63. The van der Waals surface area contributed by atoms with E-state index >= 15 is 0 Å². The molecular weight excluding hydrogens is 519 g/mol. The van der Waals surface area contributed by atoms with Crippen LogP contribution in [0.3, 0.4) is 0 Å². The van der Waals surface area contributed by atoms with Crippen LogP contribution in [0.25, 0.3) is 11.0 Å². The van der Waals surface area contributed by atoms with Crippen LogP contribution in [0.4, 0.5) is 32.3 Å². The first-order valence-corrected chi connectivity index (χ1v) is 9.74. The number of anilines is 1. The molecule has 0 fully saturated rings. The van der Waals surface area contributed by atoms with Crippen LogP contribution in [0.15, 0.2) is 30.3 Å². The van der Waals surface area contributed by atoms with Crippen LogP contribution in [0.2, 0.25) is 10.0 Å². The highest BCUT2D eigenvalue weighted by atomic mass is 35.5. The molecule has 2 N–H and O–H groups in total. The maximum absolute atomic E-state index is 14.4. The minimum Gasteiger partial charge on any atom is -0.468 e. The van der Waals surface area contributed by atoms with Gasteiger partial charge in [0.25, 0.3) is 17.5 Å². The lowest BCUT2D eigenvalue weighted by Crippen LogP contribution is -2.63. The normalized spacial score (nSPS) is 18.1. The average molecular weight is 528 g/mol. The Morgan fingerprint density at radius 2 is 1.79 bits per heavy atom. The van der Waals surface area contributed by atoms with Gasteiger partial charge in [-0.15, -0.1) is 0 Å². The number of benzene rings is 1. The summed E-state index contributed by atoms with van der Waals surface area (Å²) in [5, 5.41) is 3.39. The standard InChI is InChI=1S/C18H9Cl2F6N5O3/c19-7-4-10-11(5-8(7)20)31-15(28-10)29-14(33)17(31,18(24,25)26)30-13(32)9-2-1-3-12(27-9)34-6-16(21,22)23/h1-5H,6H2,(H,30,32)(H,28,29,33). The van der Waals surface area contributed by atoms with Gasteiger partial charge in [-0.1, -0.05) is 29.3 Å². The quantitative estimate of drug-likeness (QED) is 0.493. The van der Waals surface area contributed by atoms with E-state index in [1.807, 2.05) is 5.32 Å². The summed E-state index contributed by atoms with van der Waals surface area (Å²) in [5.74, 6) is -4.43. The van der Waals surface area contributed by atoms with Crippen LogP contribution < -0.4 is 15.4 Å². The molecule has 1 aromatic carbocycles. The van der Waals surface area contributed by atoms with Crippen molar-refractivity contribution in [2.24, 2.45) is 0 Å². The number of ether oxygens (including phenoxy) is 1. The number of nitrogens with zero attached hydrogens (tertiary/aromatic N) is 3. The minimum absolute atomic E-state index is 0.0150. The molecule has 2 aromatic heterocycles. The molecule has 16 heteroatoms. The van der Waals surface area contributed by atoms with Crippen molar-refractivity contribution in [2.75, 3.05) is 11.9 Å². The number of pyridine rings is 1. The highest BCUT2D eigenvalue weighted by molar-refractivity contribution is 6.42. The lowest BCUT2D eigenvalue weighted by Gasteiger charge is -2.31. The van der Waals surface area contributed by atoms with Gasteiger partial charge in [0.15, 0.2) is 6.61 Å². The molecule has 34 heavy (non-hydrogen) atoms. The van der Waals surface area contributed by atoms with Crippen molar-refractivity contribution in [3.63, 3.8) is 0 Å². The largest absolute Gasteiger partial charge is 0.468 e. The van der Waals surface area contributed by atoms with Crippen molar-refractivity contribution in [3.05, 3.63) is 46.1 Å². The number of carbonyl (C=O) groups is 2. The van der Waals surface area contributed by atoms with Gasteiger partial charge in [0.05, 0.1) is 21.1 Å². The van der Waals surface area contributed by atoms with E-state index < -0.39 is 54.0 Å². The number of halogens is 8. The molecule has 0 saturated heterocycles. The Labute approximate surface area is 194 Å². The summed E-state index contributed by atoms with van der Waals surface area (Å²) >= 11 is 11.8. The van der Waals surface area contributed by atoms with Crippen LogP contribution >= 0.6 is 23.2 Å². The summed E-state index contributed by atoms with van der Waals surface area (Å²) in [4.78, 5) is 32.7. The first-order chi connectivity index (χ1) is 15.7. The molecule has 3 aromatic rings. The fourth-order valence-corrected chi connectivity index (χ4v) is 3.55. The number of hydrogen-bond donors (Lipinski definition) is 2. The summed E-state index contributed by atoms with van der Waals surface area (Å²) in [7, 11) is 0. The lowest BCUT2D eigenvalue weighted by molar-refractivity contribution is -0.213. The van der Waals surface area contributed by atoms with E-state index in [1.165, 1.54) is 6.07 Å². The smallest absolute Gasteiger partial charge is 0.440 e. The molecule has 1 aliphatic rings. The van der Waals surface area contributed by atoms with Gasteiger partial charge in [0, 0.05) is 6.07 Å². The number of amides is 2. The van der Waals surface area contributed by atoms with Gasteiger partial charge >= 0.3 is 12.4 Å². The Balaban J connectivity index is 1.77. The Kier molecular flexibility index (Phi) is 5.55. The fourth-order valence-electron chi connectivity index (χ4n) is 3.23. The van der Waals surface area contributed by atoms with E-state index in [9.17, 15) is 35.9 Å². The molecule has 180 valence electrons. The van der Waals surface area contributed by atoms with E-state index in [0.717, 1.165) is 24.3 Å². The van der Waals surface area contributed by atoms with Gasteiger partial charge in [-0.25, -0.2) is 9.97 Å². The molecule has 1 unspecified atom stereocenters. The maximum atomic E-state index is 14.4. The number of carbonyl (C=O) groups excluding carboxylic acids is 2. The van der Waals surface area contributed by atoms with E-state index in [2.05, 4.69) is 14.7 Å². The molecule has 1 atom stereocenters. The molecule has 2 amide bonds. The van der Waals surface area contributed by atoms with Gasteiger partial charge in [-0.3, -0.25) is 19.5 Å². The van der Waals surface area contributed by atoms with E-state index in [1.54, 1.807) is 5.32 Å². The Bertz CT molecular complexity index is 1330. The van der Waals surface area contributed by atoms with Crippen molar-refractivity contribution in [3.8, 4) is 5.88 Å². The first-order valence-electron chi connectivity index (χ1n) is 8.98. The molecule has 0 radical (unpaired) electrons. The van der Waals surface area contributed by atoms with E-state index in [0.29, 0.717) is 4.57 Å². The average Bonchev–Trinajstić information content (AvgIpc) is 3.19. The van der Waals surface area contributed by atoms with Gasteiger partial charge in [0.1, 0.15) is 5.69 Å². The molecule has 0 saturated carbocycles. The number of aromatic nitrogens is 3. The molecule has 0 bridgehead atoms. The molecule has 1 aliphatic heterocycles. The van der Waals surface area contributed by atoms with E-state index in [-0.39, 0.29) is 21.1 Å². The SMILES string of the molecule is O=C(NC1(C(F)(F)F)C(=O)Nc2nc3cc(Cl)c(Cl)cc3n21)c1cccc(OCC(F)(F)F)n1. The van der Waals surface area contributed by atoms with Crippen molar-refractivity contribution in [1.82, 2.24) is 19.9 Å². The van der Waals surface area contributed by atoms with Gasteiger partial charge < -0.3 is 10.1 Å². The number of nitrogens with one attached hydrogen (secondary N) is 2. The van der Waals surface area contributed by atoms with Crippen molar-refractivity contribution in [2.45, 2.75) is 18.0 Å². The summed E-state index contributed by atoms with van der Waals surface area (Å²) in [5.41, 5.74) is -4.77. The summed E-state index contributed by atoms with van der Waals surface area (Å²) < 4.78 is 85.0. The maximum Gasteiger partial charge on any atom is 0.440 e. The number of hydrogen-bond acceptors (Lipinski definition) is 5. The second-order valence-corrected chi connectivity index (χ2v) is 7.72. The zero-order valence-electron chi connectivity index (χ0n) is 16.2. The van der Waals surface area contributed by atoms with E-state index in [4.69, 9.17) is 23.2 Å². The molecule has 0 aliphatic carbocycles. The third kappa shape index (κ3) is 3.96. The number of alkyl halides is 6. The van der Waals surface area contributed by atoms with Gasteiger partial charge in [-0.05, 0) is 18.2 Å². The highest BCUT2D eigenvalue weighted by Crippen LogP contribution is 2.45. The summed E-state index contributed by atoms with van der Waals surface area (Å²) in [6.45, 7) is -1.74. The van der Waals surface area contributed by atoms with Gasteiger partial charge in [0.2, 0.25) is 11.8 Å². The van der Waals surface area contributed by atoms with Crippen LogP contribution in [0.5, 0.6) is 5.88 Å². The van der Waals surface area contributed by atoms with Crippen LogP contribution in [-0.2, 0) is 10.5 Å². The molecule has 3 heterocycles. The van der Waals surface area contributed by atoms with Crippen LogP contribution in [0, 0.1) is 0 Å². The predicted molar refractivity (Wildman–Crippen MR) is 106 cm³/mol. The number of rotatable bonds is 4. The van der Waals surface area contributed by atoms with Crippen LogP contribution in [0.1, 0.15) is 10.5 Å². The molecule has 0 spiro atoms. The summed E-state index contributed by atoms with van der Waals surface area (Å²) in [6.07, 6.45) is -10.1. The zero-order chi connectivity index (χ0) is 25.1. The Hall–Kier alpha value is -3.26. The Morgan fingerprint density at radius 1 is 1.12 bits per heavy atom. The number of imidazole rings is 1. The second-order valence-electron chi connectivity index (χ2n) is 6.91. The summed E-state index contributed by atoms with van der Waals surface area (Å²) in [6, 6.07) is 5.14.